The molecule has 2 aliphatic carbocycles. The Morgan fingerprint density at radius 1 is 1.12 bits per heavy atom. The van der Waals surface area contributed by atoms with Crippen LogP contribution in [0, 0.1) is 11.8 Å². The standard InChI is InChI=1S/C14H14N2/c1-2-4-13-12(3-1)15-14(16-13)11-8-9-5-6-10(11)7-9/h1-6,9-11H,7-8H2,(H,15,16)/t9-,10-,11+/m0/s1. The van der Waals surface area contributed by atoms with Crippen LogP contribution in [0.25, 0.3) is 11.0 Å². The molecule has 0 saturated heterocycles. The number of para-hydroxylation sites is 2. The number of benzene rings is 1. The molecule has 0 amide bonds. The van der Waals surface area contributed by atoms with E-state index in [1.54, 1.807) is 0 Å². The molecule has 0 unspecified atom stereocenters. The molecule has 1 N–H and O–H groups in total. The molecule has 1 fully saturated rings. The van der Waals surface area contributed by atoms with E-state index in [1.807, 2.05) is 6.07 Å². The summed E-state index contributed by atoms with van der Waals surface area (Å²) >= 11 is 0. The molecule has 3 atom stereocenters. The third-order valence-electron chi connectivity index (χ3n) is 4.04. The highest BCUT2D eigenvalue weighted by molar-refractivity contribution is 5.74. The van der Waals surface area contributed by atoms with Crippen LogP contribution >= 0.6 is 0 Å². The number of fused-ring (bicyclic) bond motifs is 3. The van der Waals surface area contributed by atoms with Gasteiger partial charge in [-0.05, 0) is 36.8 Å². The Bertz CT molecular complexity index is 534. The quantitative estimate of drug-likeness (QED) is 0.719. The first-order valence-electron chi connectivity index (χ1n) is 6.03. The summed E-state index contributed by atoms with van der Waals surface area (Å²) in [4.78, 5) is 8.20. The Labute approximate surface area is 94.4 Å². The number of rotatable bonds is 1. The van der Waals surface area contributed by atoms with Gasteiger partial charge in [0.25, 0.3) is 0 Å². The van der Waals surface area contributed by atoms with Crippen LogP contribution in [0.5, 0.6) is 0 Å². The predicted molar refractivity (Wildman–Crippen MR) is 64.2 cm³/mol. The molecule has 2 aliphatic rings. The lowest BCUT2D eigenvalue weighted by atomic mass is 9.93. The zero-order valence-corrected chi connectivity index (χ0v) is 9.06. The van der Waals surface area contributed by atoms with E-state index in [0.717, 1.165) is 17.4 Å². The molecule has 80 valence electrons. The van der Waals surface area contributed by atoms with Gasteiger partial charge in [-0.1, -0.05) is 24.3 Å². The SMILES string of the molecule is C1=C[C@H]2C[C@H]1C[C@H]2c1nc2ccccc2[nH]1. The maximum Gasteiger partial charge on any atom is 0.110 e. The van der Waals surface area contributed by atoms with Crippen molar-refractivity contribution in [1.29, 1.82) is 0 Å². The number of hydrogen-bond acceptors (Lipinski definition) is 1. The zero-order valence-electron chi connectivity index (χ0n) is 9.06. The molecule has 16 heavy (non-hydrogen) atoms. The number of H-pyrrole nitrogens is 1. The minimum atomic E-state index is 0.627. The van der Waals surface area contributed by atoms with Crippen molar-refractivity contribution in [2.24, 2.45) is 11.8 Å². The number of nitrogens with zero attached hydrogens (tertiary/aromatic N) is 1. The maximum atomic E-state index is 4.72. The Morgan fingerprint density at radius 2 is 2.06 bits per heavy atom. The van der Waals surface area contributed by atoms with Crippen molar-refractivity contribution in [3.05, 3.63) is 42.2 Å². The summed E-state index contributed by atoms with van der Waals surface area (Å²) < 4.78 is 0. The number of allylic oxidation sites excluding steroid dienone is 2. The van der Waals surface area contributed by atoms with Crippen LogP contribution in [-0.2, 0) is 0 Å². The molecule has 2 heteroatoms. The van der Waals surface area contributed by atoms with Gasteiger partial charge in [-0.3, -0.25) is 0 Å². The lowest BCUT2D eigenvalue weighted by Gasteiger charge is -2.14. The van der Waals surface area contributed by atoms with Gasteiger partial charge < -0.3 is 4.98 Å². The summed E-state index contributed by atoms with van der Waals surface area (Å²) in [6.07, 6.45) is 7.37. The first-order valence-corrected chi connectivity index (χ1v) is 6.03. The van der Waals surface area contributed by atoms with Crippen LogP contribution < -0.4 is 0 Å². The molecule has 1 heterocycles. The van der Waals surface area contributed by atoms with Gasteiger partial charge in [0.2, 0.25) is 0 Å². The molecule has 1 aromatic heterocycles. The maximum absolute atomic E-state index is 4.72. The van der Waals surface area contributed by atoms with Gasteiger partial charge in [-0.2, -0.15) is 0 Å². The summed E-state index contributed by atoms with van der Waals surface area (Å²) in [6, 6.07) is 8.30. The molecular weight excluding hydrogens is 196 g/mol. The number of nitrogens with one attached hydrogen (secondary N) is 1. The first kappa shape index (κ1) is 8.57. The number of hydrogen-bond donors (Lipinski definition) is 1. The van der Waals surface area contributed by atoms with Crippen molar-refractivity contribution in [2.45, 2.75) is 18.8 Å². The van der Waals surface area contributed by atoms with E-state index in [4.69, 9.17) is 4.98 Å². The minimum Gasteiger partial charge on any atom is -0.342 e. The summed E-state index contributed by atoms with van der Waals surface area (Å²) in [5.41, 5.74) is 2.27. The summed E-state index contributed by atoms with van der Waals surface area (Å²) in [5.74, 6) is 3.36. The molecule has 0 aliphatic heterocycles. The van der Waals surface area contributed by atoms with Crippen LogP contribution in [0.15, 0.2) is 36.4 Å². The van der Waals surface area contributed by atoms with E-state index in [9.17, 15) is 0 Å². The molecule has 4 rings (SSSR count). The fraction of sp³-hybridized carbons (Fsp3) is 0.357. The van der Waals surface area contributed by atoms with Gasteiger partial charge in [0.1, 0.15) is 5.82 Å². The Morgan fingerprint density at radius 3 is 2.81 bits per heavy atom. The summed E-state index contributed by atoms with van der Waals surface area (Å²) in [7, 11) is 0. The molecular formula is C14H14N2. The predicted octanol–water partition coefficient (Wildman–Crippen LogP) is 3.24. The average molecular weight is 210 g/mol. The largest absolute Gasteiger partial charge is 0.342 e. The Hall–Kier alpha value is -1.57. The third-order valence-corrected chi connectivity index (χ3v) is 4.04. The molecule has 0 spiro atoms. The van der Waals surface area contributed by atoms with E-state index in [2.05, 4.69) is 35.3 Å². The van der Waals surface area contributed by atoms with E-state index < -0.39 is 0 Å². The minimum absolute atomic E-state index is 0.627. The van der Waals surface area contributed by atoms with Crippen molar-refractivity contribution in [1.82, 2.24) is 9.97 Å². The van der Waals surface area contributed by atoms with E-state index in [0.29, 0.717) is 5.92 Å². The molecule has 1 saturated carbocycles. The van der Waals surface area contributed by atoms with Crippen LogP contribution in [0.3, 0.4) is 0 Å². The molecule has 0 radical (unpaired) electrons. The normalized spacial score (nSPS) is 31.6. The monoisotopic (exact) mass is 210 g/mol. The molecule has 2 nitrogen and oxygen atoms in total. The molecule has 1 aromatic carbocycles. The number of aromatic nitrogens is 2. The fourth-order valence-electron chi connectivity index (χ4n) is 3.24. The first-order chi connectivity index (χ1) is 7.90. The van der Waals surface area contributed by atoms with Gasteiger partial charge in [0.05, 0.1) is 11.0 Å². The van der Waals surface area contributed by atoms with Crippen molar-refractivity contribution in [3.63, 3.8) is 0 Å². The highest BCUT2D eigenvalue weighted by Crippen LogP contribution is 2.48. The van der Waals surface area contributed by atoms with Crippen LogP contribution in [0.4, 0.5) is 0 Å². The molecule has 2 bridgehead atoms. The van der Waals surface area contributed by atoms with E-state index >= 15 is 0 Å². The lowest BCUT2D eigenvalue weighted by molar-refractivity contribution is 0.559. The second-order valence-electron chi connectivity index (χ2n) is 5.03. The van der Waals surface area contributed by atoms with Gasteiger partial charge in [-0.25, -0.2) is 4.98 Å². The third kappa shape index (κ3) is 1.10. The summed E-state index contributed by atoms with van der Waals surface area (Å²) in [5, 5.41) is 0. The fourth-order valence-corrected chi connectivity index (χ4v) is 3.24. The lowest BCUT2D eigenvalue weighted by Crippen LogP contribution is -2.06. The Balaban J connectivity index is 1.80. The summed E-state index contributed by atoms with van der Waals surface area (Å²) in [6.45, 7) is 0. The zero-order chi connectivity index (χ0) is 10.5. The highest BCUT2D eigenvalue weighted by atomic mass is 14.9. The van der Waals surface area contributed by atoms with Gasteiger partial charge in [0.15, 0.2) is 0 Å². The van der Waals surface area contributed by atoms with Crippen LogP contribution in [0.1, 0.15) is 24.6 Å². The smallest absolute Gasteiger partial charge is 0.110 e. The van der Waals surface area contributed by atoms with Crippen molar-refractivity contribution in [2.75, 3.05) is 0 Å². The average Bonchev–Trinajstić information content (AvgIpc) is 3.02. The van der Waals surface area contributed by atoms with Crippen LogP contribution in [0.2, 0.25) is 0 Å². The second-order valence-corrected chi connectivity index (χ2v) is 5.03. The topological polar surface area (TPSA) is 28.7 Å². The highest BCUT2D eigenvalue weighted by Gasteiger charge is 2.37. The Kier molecular flexibility index (Phi) is 1.59. The van der Waals surface area contributed by atoms with Crippen molar-refractivity contribution >= 4 is 11.0 Å². The van der Waals surface area contributed by atoms with Crippen molar-refractivity contribution in [3.8, 4) is 0 Å². The second kappa shape index (κ2) is 2.97. The van der Waals surface area contributed by atoms with Gasteiger partial charge >= 0.3 is 0 Å². The van der Waals surface area contributed by atoms with Gasteiger partial charge in [-0.15, -0.1) is 0 Å². The number of imidazole rings is 1. The van der Waals surface area contributed by atoms with Gasteiger partial charge in [0, 0.05) is 5.92 Å². The number of aromatic amines is 1. The van der Waals surface area contributed by atoms with E-state index in [1.165, 1.54) is 24.2 Å². The molecule has 2 aromatic rings. The van der Waals surface area contributed by atoms with Crippen molar-refractivity contribution < 1.29 is 0 Å². The van der Waals surface area contributed by atoms with E-state index in [-0.39, 0.29) is 0 Å². The van der Waals surface area contributed by atoms with Crippen LogP contribution in [-0.4, -0.2) is 9.97 Å².